The molecule has 0 aliphatic carbocycles. The molecule has 0 aromatic heterocycles. The van der Waals surface area contributed by atoms with Gasteiger partial charge in [-0.1, -0.05) is 15.9 Å². The van der Waals surface area contributed by atoms with Crippen LogP contribution in [0.5, 0.6) is 0 Å². The smallest absolute Gasteiger partial charge is 0.337 e. The average Bonchev–Trinajstić information content (AvgIpc) is 2.01. The summed E-state index contributed by atoms with van der Waals surface area (Å²) in [6, 6.07) is 3.04. The molecule has 0 saturated heterocycles. The summed E-state index contributed by atoms with van der Waals surface area (Å²) in [7, 11) is 0. The van der Waals surface area contributed by atoms with Crippen LogP contribution in [0.15, 0.2) is 21.1 Å². The lowest BCUT2D eigenvalue weighted by molar-refractivity contribution is 0.0693. The lowest BCUT2D eigenvalue weighted by atomic mass is 10.1. The standard InChI is InChI=1S/C8H4Br2O3/c9-5-1-4(3-11)7(8(12)13)6(10)2-5/h1-3H,(H,12,13). The highest BCUT2D eigenvalue weighted by Crippen LogP contribution is 2.25. The quantitative estimate of drug-likeness (QED) is 0.855. The van der Waals surface area contributed by atoms with Crippen LogP contribution in [0, 0.1) is 0 Å². The van der Waals surface area contributed by atoms with E-state index in [4.69, 9.17) is 5.11 Å². The number of benzene rings is 1. The van der Waals surface area contributed by atoms with Crippen molar-refractivity contribution in [2.45, 2.75) is 0 Å². The molecule has 1 N–H and O–H groups in total. The van der Waals surface area contributed by atoms with Gasteiger partial charge in [-0.2, -0.15) is 0 Å². The van der Waals surface area contributed by atoms with Gasteiger partial charge in [-0.05, 0) is 28.1 Å². The van der Waals surface area contributed by atoms with Crippen molar-refractivity contribution in [2.24, 2.45) is 0 Å². The van der Waals surface area contributed by atoms with Crippen LogP contribution < -0.4 is 0 Å². The van der Waals surface area contributed by atoms with Gasteiger partial charge in [0.05, 0.1) is 5.56 Å². The van der Waals surface area contributed by atoms with Gasteiger partial charge in [0.25, 0.3) is 0 Å². The van der Waals surface area contributed by atoms with E-state index in [2.05, 4.69) is 31.9 Å². The molecular weight excluding hydrogens is 304 g/mol. The van der Waals surface area contributed by atoms with E-state index in [1.165, 1.54) is 6.07 Å². The number of aldehydes is 1. The first-order valence-electron chi connectivity index (χ1n) is 3.23. The summed E-state index contributed by atoms with van der Waals surface area (Å²) in [4.78, 5) is 21.2. The molecule has 0 heterocycles. The SMILES string of the molecule is O=Cc1cc(Br)cc(Br)c1C(=O)O. The lowest BCUT2D eigenvalue weighted by Gasteiger charge is -2.02. The van der Waals surface area contributed by atoms with Gasteiger partial charge in [0.1, 0.15) is 0 Å². The predicted octanol–water partition coefficient (Wildman–Crippen LogP) is 2.72. The summed E-state index contributed by atoms with van der Waals surface area (Å²) in [6.07, 6.45) is 0.513. The molecule has 1 aromatic rings. The van der Waals surface area contributed by atoms with E-state index in [9.17, 15) is 9.59 Å². The van der Waals surface area contributed by atoms with Crippen molar-refractivity contribution in [1.29, 1.82) is 0 Å². The van der Waals surface area contributed by atoms with Gasteiger partial charge in [-0.15, -0.1) is 0 Å². The zero-order chi connectivity index (χ0) is 10.0. The Morgan fingerprint density at radius 3 is 2.46 bits per heavy atom. The number of rotatable bonds is 2. The second kappa shape index (κ2) is 4.02. The summed E-state index contributed by atoms with van der Waals surface area (Å²) in [6.45, 7) is 0. The van der Waals surface area contributed by atoms with Gasteiger partial charge in [0.15, 0.2) is 6.29 Å². The van der Waals surface area contributed by atoms with Gasteiger partial charge in [-0.25, -0.2) is 4.79 Å². The first-order chi connectivity index (χ1) is 6.06. The summed E-state index contributed by atoms with van der Waals surface area (Å²) < 4.78 is 1.04. The highest BCUT2D eigenvalue weighted by Gasteiger charge is 2.14. The van der Waals surface area contributed by atoms with Crippen molar-refractivity contribution >= 4 is 44.1 Å². The monoisotopic (exact) mass is 306 g/mol. The second-order valence-corrected chi connectivity index (χ2v) is 4.04. The van der Waals surface area contributed by atoms with E-state index in [1.54, 1.807) is 6.07 Å². The molecule has 0 aliphatic heterocycles. The molecule has 0 radical (unpaired) electrons. The molecule has 68 valence electrons. The molecule has 5 heteroatoms. The third-order valence-corrected chi connectivity index (χ3v) is 2.51. The maximum Gasteiger partial charge on any atom is 0.337 e. The van der Waals surface area contributed by atoms with Gasteiger partial charge < -0.3 is 5.11 Å². The highest BCUT2D eigenvalue weighted by molar-refractivity contribution is 9.11. The van der Waals surface area contributed by atoms with Crippen molar-refractivity contribution < 1.29 is 14.7 Å². The van der Waals surface area contributed by atoms with E-state index >= 15 is 0 Å². The van der Waals surface area contributed by atoms with Crippen LogP contribution in [0.3, 0.4) is 0 Å². The fraction of sp³-hybridized carbons (Fsp3) is 0. The maximum atomic E-state index is 10.7. The predicted molar refractivity (Wildman–Crippen MR) is 54.2 cm³/mol. The zero-order valence-corrected chi connectivity index (χ0v) is 9.42. The zero-order valence-electron chi connectivity index (χ0n) is 6.25. The van der Waals surface area contributed by atoms with E-state index < -0.39 is 5.97 Å². The number of hydrogen-bond donors (Lipinski definition) is 1. The molecule has 0 spiro atoms. The van der Waals surface area contributed by atoms with Crippen LogP contribution in [-0.2, 0) is 0 Å². The molecule has 0 amide bonds. The Labute approximate surface area is 91.0 Å². The minimum Gasteiger partial charge on any atom is -0.478 e. The molecule has 0 atom stereocenters. The van der Waals surface area contributed by atoms with Crippen LogP contribution in [0.1, 0.15) is 20.7 Å². The summed E-state index contributed by atoms with van der Waals surface area (Å²) >= 11 is 6.22. The molecule has 0 aliphatic rings. The number of carboxylic acid groups (broad SMARTS) is 1. The maximum absolute atomic E-state index is 10.7. The van der Waals surface area contributed by atoms with E-state index in [0.717, 1.165) is 0 Å². The van der Waals surface area contributed by atoms with E-state index in [1.807, 2.05) is 0 Å². The Morgan fingerprint density at radius 1 is 1.38 bits per heavy atom. The number of carbonyl (C=O) groups is 2. The normalized spacial score (nSPS) is 9.69. The van der Waals surface area contributed by atoms with Crippen molar-refractivity contribution in [1.82, 2.24) is 0 Å². The number of hydrogen-bond acceptors (Lipinski definition) is 2. The van der Waals surface area contributed by atoms with Crippen molar-refractivity contribution in [2.75, 3.05) is 0 Å². The minimum atomic E-state index is -1.12. The molecule has 0 unspecified atom stereocenters. The first kappa shape index (κ1) is 10.4. The largest absolute Gasteiger partial charge is 0.478 e. The Bertz CT molecular complexity index is 374. The topological polar surface area (TPSA) is 54.4 Å². The summed E-state index contributed by atoms with van der Waals surface area (Å²) in [5.74, 6) is -1.12. The Hall–Kier alpha value is -0.680. The average molecular weight is 308 g/mol. The molecule has 0 bridgehead atoms. The summed E-state index contributed by atoms with van der Waals surface area (Å²) in [5.41, 5.74) is 0.131. The van der Waals surface area contributed by atoms with Crippen LogP contribution in [0.25, 0.3) is 0 Å². The second-order valence-electron chi connectivity index (χ2n) is 2.27. The van der Waals surface area contributed by atoms with Crippen molar-refractivity contribution in [3.05, 3.63) is 32.2 Å². The van der Waals surface area contributed by atoms with E-state index in [-0.39, 0.29) is 11.1 Å². The molecular formula is C8H4Br2O3. The Balaban J connectivity index is 3.47. The highest BCUT2D eigenvalue weighted by atomic mass is 79.9. The minimum absolute atomic E-state index is 0.0156. The molecule has 0 fully saturated rings. The van der Waals surface area contributed by atoms with Crippen LogP contribution >= 0.6 is 31.9 Å². The third kappa shape index (κ3) is 2.16. The fourth-order valence-corrected chi connectivity index (χ4v) is 2.34. The van der Waals surface area contributed by atoms with Gasteiger partial charge in [0, 0.05) is 14.5 Å². The molecule has 13 heavy (non-hydrogen) atoms. The molecule has 3 nitrogen and oxygen atoms in total. The molecule has 1 aromatic carbocycles. The third-order valence-electron chi connectivity index (χ3n) is 1.43. The van der Waals surface area contributed by atoms with Crippen molar-refractivity contribution in [3.63, 3.8) is 0 Å². The van der Waals surface area contributed by atoms with Gasteiger partial charge >= 0.3 is 5.97 Å². The fourth-order valence-electron chi connectivity index (χ4n) is 0.912. The van der Waals surface area contributed by atoms with Gasteiger partial charge in [0.2, 0.25) is 0 Å². The van der Waals surface area contributed by atoms with Crippen LogP contribution in [-0.4, -0.2) is 17.4 Å². The number of halogens is 2. The molecule has 0 saturated carbocycles. The Kier molecular flexibility index (Phi) is 3.22. The van der Waals surface area contributed by atoms with Crippen LogP contribution in [0.4, 0.5) is 0 Å². The summed E-state index contributed by atoms with van der Waals surface area (Å²) in [5, 5.41) is 8.76. The number of aromatic carboxylic acids is 1. The Morgan fingerprint density at radius 2 is 2.00 bits per heavy atom. The van der Waals surface area contributed by atoms with Crippen molar-refractivity contribution in [3.8, 4) is 0 Å². The number of carbonyl (C=O) groups excluding carboxylic acids is 1. The van der Waals surface area contributed by atoms with Crippen LogP contribution in [0.2, 0.25) is 0 Å². The van der Waals surface area contributed by atoms with Gasteiger partial charge in [-0.3, -0.25) is 4.79 Å². The first-order valence-corrected chi connectivity index (χ1v) is 4.82. The number of carboxylic acids is 1. The van der Waals surface area contributed by atoms with E-state index in [0.29, 0.717) is 15.2 Å². The molecule has 1 rings (SSSR count). The lowest BCUT2D eigenvalue weighted by Crippen LogP contribution is -2.03.